The first kappa shape index (κ1) is 37.8. The van der Waals surface area contributed by atoms with Crippen LogP contribution in [0.3, 0.4) is 0 Å². The van der Waals surface area contributed by atoms with Crippen molar-refractivity contribution in [2.75, 3.05) is 0 Å². The van der Waals surface area contributed by atoms with E-state index in [1.165, 1.54) is 121 Å². The van der Waals surface area contributed by atoms with Gasteiger partial charge in [0.15, 0.2) is 0 Å². The summed E-state index contributed by atoms with van der Waals surface area (Å²) in [6.07, 6.45) is 43.5. The van der Waals surface area contributed by atoms with Crippen molar-refractivity contribution in [1.29, 1.82) is 0 Å². The van der Waals surface area contributed by atoms with Gasteiger partial charge in [-0.25, -0.2) is 9.59 Å². The number of unbranched alkanes of at least 4 members (excludes halogenated alkanes) is 18. The van der Waals surface area contributed by atoms with E-state index in [-0.39, 0.29) is 0 Å². The molecule has 0 amide bonds. The predicted octanol–water partition coefficient (Wildman–Crippen LogP) is 10.8. The quantitative estimate of drug-likeness (QED) is 0.0699. The molecule has 0 radical (unpaired) electrons. The third-order valence-electron chi connectivity index (χ3n) is 6.14. The van der Waals surface area contributed by atoms with Crippen LogP contribution in [-0.2, 0) is 9.59 Å². The summed E-state index contributed by atoms with van der Waals surface area (Å²) < 4.78 is 0. The molecule has 0 aliphatic heterocycles. The highest BCUT2D eigenvalue weighted by Crippen LogP contribution is 2.11. The molecule has 0 aromatic rings. The van der Waals surface area contributed by atoms with Crippen LogP contribution in [0, 0.1) is 0 Å². The van der Waals surface area contributed by atoms with Gasteiger partial charge in [0.1, 0.15) is 0 Å². The fourth-order valence-electron chi connectivity index (χ4n) is 3.90. The van der Waals surface area contributed by atoms with E-state index in [2.05, 4.69) is 26.0 Å². The lowest BCUT2D eigenvalue weighted by Crippen LogP contribution is -1.85. The highest BCUT2D eigenvalue weighted by Gasteiger charge is 1.92. The summed E-state index contributed by atoms with van der Waals surface area (Å²) in [5, 5.41) is 16.8. The van der Waals surface area contributed by atoms with Gasteiger partial charge in [-0.05, 0) is 25.7 Å². The van der Waals surface area contributed by atoms with E-state index >= 15 is 0 Å². The Bertz CT molecular complexity index is 655. The topological polar surface area (TPSA) is 74.6 Å². The van der Waals surface area contributed by atoms with Gasteiger partial charge < -0.3 is 10.2 Å². The van der Waals surface area contributed by atoms with Crippen LogP contribution in [0.2, 0.25) is 0 Å². The number of carbonyl (C=O) groups is 2. The largest absolute Gasteiger partial charge is 0.478 e. The molecule has 0 saturated carbocycles. The van der Waals surface area contributed by atoms with Gasteiger partial charge in [0.05, 0.1) is 0 Å². The first-order valence-electron chi connectivity index (χ1n) is 15.3. The first-order chi connectivity index (χ1) is 18.5. The van der Waals surface area contributed by atoms with E-state index in [1.807, 2.05) is 18.2 Å². The molecule has 0 fully saturated rings. The second-order valence-corrected chi connectivity index (χ2v) is 9.87. The average Bonchev–Trinajstić information content (AvgIpc) is 2.89. The van der Waals surface area contributed by atoms with Gasteiger partial charge in [0.25, 0.3) is 0 Å². The molecule has 0 saturated heterocycles. The number of allylic oxidation sites excluding steroid dienone is 8. The van der Waals surface area contributed by atoms with Crippen molar-refractivity contribution in [2.24, 2.45) is 0 Å². The molecule has 0 aromatic heterocycles. The Balaban J connectivity index is 0. The molecule has 4 nitrogen and oxygen atoms in total. The monoisotopic (exact) mass is 530 g/mol. The van der Waals surface area contributed by atoms with Crippen LogP contribution in [0.4, 0.5) is 0 Å². The van der Waals surface area contributed by atoms with Gasteiger partial charge in [-0.1, -0.05) is 165 Å². The third-order valence-corrected chi connectivity index (χ3v) is 6.14. The maximum absolute atomic E-state index is 10.2. The molecule has 0 atom stereocenters. The molecule has 0 spiro atoms. The Kier molecular flexibility index (Phi) is 34.4. The van der Waals surface area contributed by atoms with Gasteiger partial charge >= 0.3 is 11.9 Å². The summed E-state index contributed by atoms with van der Waals surface area (Å²) in [5.74, 6) is -1.76. The lowest BCUT2D eigenvalue weighted by atomic mass is 10.1. The summed E-state index contributed by atoms with van der Waals surface area (Å²) in [6.45, 7) is 4.50. The summed E-state index contributed by atoms with van der Waals surface area (Å²) in [5.41, 5.74) is 0. The van der Waals surface area contributed by atoms with Crippen LogP contribution in [0.1, 0.15) is 142 Å². The number of hydrogen-bond donors (Lipinski definition) is 2. The average molecular weight is 531 g/mol. The zero-order chi connectivity index (χ0) is 28.4. The number of hydrogen-bond acceptors (Lipinski definition) is 2. The first-order valence-corrected chi connectivity index (χ1v) is 15.3. The molecule has 0 rings (SSSR count). The SMILES string of the molecule is CCCCCCCCCCC/C=C/C(=O)O.CCCCCCCCCCC/C=C/C=C/C=C/C=C/C(=O)O. The van der Waals surface area contributed by atoms with E-state index in [4.69, 9.17) is 10.2 Å². The molecule has 0 heterocycles. The highest BCUT2D eigenvalue weighted by molar-refractivity contribution is 5.80. The zero-order valence-electron chi connectivity index (χ0n) is 24.6. The maximum atomic E-state index is 10.2. The Labute approximate surface area is 234 Å². The summed E-state index contributed by atoms with van der Waals surface area (Å²) in [6, 6.07) is 0. The molecular formula is C34H58O4. The van der Waals surface area contributed by atoms with Crippen molar-refractivity contribution in [3.8, 4) is 0 Å². The Morgan fingerprint density at radius 2 is 0.763 bits per heavy atom. The minimum Gasteiger partial charge on any atom is -0.478 e. The zero-order valence-corrected chi connectivity index (χ0v) is 24.6. The van der Waals surface area contributed by atoms with Crippen LogP contribution in [-0.4, -0.2) is 22.2 Å². The second kappa shape index (κ2) is 34.6. The molecule has 2 N–H and O–H groups in total. The molecule has 0 aliphatic carbocycles. The van der Waals surface area contributed by atoms with Crippen molar-refractivity contribution in [3.63, 3.8) is 0 Å². The summed E-state index contributed by atoms with van der Waals surface area (Å²) in [4.78, 5) is 20.4. The summed E-state index contributed by atoms with van der Waals surface area (Å²) in [7, 11) is 0. The molecular weight excluding hydrogens is 472 g/mol. The molecule has 0 unspecified atom stereocenters. The van der Waals surface area contributed by atoms with Crippen molar-refractivity contribution < 1.29 is 19.8 Å². The molecule has 4 heteroatoms. The van der Waals surface area contributed by atoms with Crippen LogP contribution >= 0.6 is 0 Å². The smallest absolute Gasteiger partial charge is 0.328 e. The highest BCUT2D eigenvalue weighted by atomic mass is 16.4. The van der Waals surface area contributed by atoms with Crippen molar-refractivity contribution in [2.45, 2.75) is 142 Å². The minimum absolute atomic E-state index is 0.837. The molecule has 38 heavy (non-hydrogen) atoms. The van der Waals surface area contributed by atoms with Crippen LogP contribution in [0.25, 0.3) is 0 Å². The lowest BCUT2D eigenvalue weighted by Gasteiger charge is -2.00. The Morgan fingerprint density at radius 3 is 1.18 bits per heavy atom. The molecule has 0 aliphatic rings. The normalized spacial score (nSPS) is 11.8. The number of aliphatic carboxylic acids is 2. The standard InChI is InChI=1S/C20H32O2.C14H26O2/c1-2-3-4-5-6-7-8-9-10-11-12-13-14-15-16-17-18-19-20(21)22;1-2-3-4-5-6-7-8-9-10-11-12-13-14(15)16/h12-19H,2-11H2,1H3,(H,21,22);12-13H,2-11H2,1H3,(H,15,16)/b13-12+,15-14+,17-16+,19-18+;13-12+. The summed E-state index contributed by atoms with van der Waals surface area (Å²) >= 11 is 0. The maximum Gasteiger partial charge on any atom is 0.328 e. The fourth-order valence-corrected chi connectivity index (χ4v) is 3.90. The predicted molar refractivity (Wildman–Crippen MR) is 165 cm³/mol. The van der Waals surface area contributed by atoms with E-state index in [0.717, 1.165) is 25.3 Å². The third kappa shape index (κ3) is 40.8. The van der Waals surface area contributed by atoms with E-state index in [0.29, 0.717) is 0 Å². The van der Waals surface area contributed by atoms with Crippen molar-refractivity contribution >= 4 is 11.9 Å². The van der Waals surface area contributed by atoms with E-state index < -0.39 is 11.9 Å². The van der Waals surface area contributed by atoms with Crippen LogP contribution in [0.5, 0.6) is 0 Å². The van der Waals surface area contributed by atoms with Gasteiger partial charge in [-0.15, -0.1) is 0 Å². The van der Waals surface area contributed by atoms with Crippen LogP contribution < -0.4 is 0 Å². The van der Waals surface area contributed by atoms with Gasteiger partial charge in [0.2, 0.25) is 0 Å². The number of carboxylic acid groups (broad SMARTS) is 2. The Morgan fingerprint density at radius 1 is 0.421 bits per heavy atom. The molecule has 0 aromatic carbocycles. The van der Waals surface area contributed by atoms with Gasteiger partial charge in [0, 0.05) is 12.2 Å². The number of carboxylic acids is 2. The van der Waals surface area contributed by atoms with Crippen LogP contribution in [0.15, 0.2) is 60.8 Å². The van der Waals surface area contributed by atoms with Crippen molar-refractivity contribution in [1.82, 2.24) is 0 Å². The van der Waals surface area contributed by atoms with E-state index in [9.17, 15) is 9.59 Å². The lowest BCUT2D eigenvalue weighted by molar-refractivity contribution is -0.132. The Hall–Kier alpha value is -2.36. The van der Waals surface area contributed by atoms with E-state index in [1.54, 1.807) is 12.2 Å². The van der Waals surface area contributed by atoms with Gasteiger partial charge in [-0.3, -0.25) is 0 Å². The second-order valence-electron chi connectivity index (χ2n) is 9.87. The van der Waals surface area contributed by atoms with Crippen molar-refractivity contribution in [3.05, 3.63) is 60.8 Å². The minimum atomic E-state index is -0.922. The molecule has 0 bridgehead atoms. The molecule has 218 valence electrons. The fraction of sp³-hybridized carbons (Fsp3) is 0.647. The van der Waals surface area contributed by atoms with Gasteiger partial charge in [-0.2, -0.15) is 0 Å². The number of rotatable bonds is 25.